The van der Waals surface area contributed by atoms with E-state index < -0.39 is 11.6 Å². The number of methoxy groups -OCH3 is 1. The van der Waals surface area contributed by atoms with Gasteiger partial charge in [0.05, 0.1) is 7.11 Å². The van der Waals surface area contributed by atoms with E-state index in [1.54, 1.807) is 25.1 Å². The Balaban J connectivity index is 2.43. The van der Waals surface area contributed by atoms with E-state index in [-0.39, 0.29) is 23.3 Å². The first-order chi connectivity index (χ1) is 10.8. The molecule has 0 N–H and O–H groups in total. The van der Waals surface area contributed by atoms with Gasteiger partial charge >= 0.3 is 0 Å². The molecule has 0 atom stereocenters. The van der Waals surface area contributed by atoms with Gasteiger partial charge in [-0.25, -0.2) is 8.78 Å². The van der Waals surface area contributed by atoms with Gasteiger partial charge in [-0.05, 0) is 50.6 Å². The predicted molar refractivity (Wildman–Crippen MR) is 86.0 cm³/mol. The highest BCUT2D eigenvalue weighted by Crippen LogP contribution is 2.26. The van der Waals surface area contributed by atoms with Crippen molar-refractivity contribution in [3.05, 3.63) is 59.2 Å². The zero-order valence-corrected chi connectivity index (χ0v) is 13.6. The summed E-state index contributed by atoms with van der Waals surface area (Å²) in [6.45, 7) is 5.25. The van der Waals surface area contributed by atoms with Crippen LogP contribution in [0.3, 0.4) is 0 Å². The van der Waals surface area contributed by atoms with E-state index in [9.17, 15) is 13.6 Å². The van der Waals surface area contributed by atoms with Crippen molar-refractivity contribution in [1.82, 2.24) is 0 Å². The molecule has 0 unspecified atom stereocenters. The molecule has 0 aliphatic heterocycles. The minimum atomic E-state index is -0.557. The Morgan fingerprint density at radius 3 is 2.30 bits per heavy atom. The summed E-state index contributed by atoms with van der Waals surface area (Å²) >= 11 is 0. The summed E-state index contributed by atoms with van der Waals surface area (Å²) < 4.78 is 32.5. The van der Waals surface area contributed by atoms with E-state index in [4.69, 9.17) is 4.74 Å². The molecule has 0 heterocycles. The van der Waals surface area contributed by atoms with Gasteiger partial charge in [-0.2, -0.15) is 0 Å². The molecule has 2 aromatic rings. The molecule has 23 heavy (non-hydrogen) atoms. The van der Waals surface area contributed by atoms with Gasteiger partial charge in [0.15, 0.2) is 11.6 Å². The van der Waals surface area contributed by atoms with Crippen molar-refractivity contribution in [1.29, 1.82) is 0 Å². The second-order valence-corrected chi connectivity index (χ2v) is 5.55. The van der Waals surface area contributed by atoms with E-state index in [1.165, 1.54) is 30.2 Å². The number of aryl methyl sites for hydroxylation is 1. The number of carbonyl (C=O) groups excluding carboxylic acids is 1. The van der Waals surface area contributed by atoms with Crippen LogP contribution < -0.4 is 9.64 Å². The average Bonchev–Trinajstić information content (AvgIpc) is 2.50. The SMILES string of the molecule is COc1ccc(N(C(=O)c2ccc(C)c(F)c2)C(C)C)cc1F. The molecule has 0 aliphatic rings. The molecule has 3 nitrogen and oxygen atoms in total. The Kier molecular flexibility index (Phi) is 4.98. The zero-order chi connectivity index (χ0) is 17.1. The molecule has 0 fully saturated rings. The number of amides is 1. The summed E-state index contributed by atoms with van der Waals surface area (Å²) in [5.74, 6) is -1.28. The third-order valence-corrected chi connectivity index (χ3v) is 3.57. The van der Waals surface area contributed by atoms with Crippen LogP contribution >= 0.6 is 0 Å². The number of anilines is 1. The topological polar surface area (TPSA) is 29.5 Å². The lowest BCUT2D eigenvalue weighted by molar-refractivity contribution is 0.0979. The number of hydrogen-bond acceptors (Lipinski definition) is 2. The molecule has 0 bridgehead atoms. The van der Waals surface area contributed by atoms with Crippen LogP contribution in [0, 0.1) is 18.6 Å². The summed E-state index contributed by atoms with van der Waals surface area (Å²) in [7, 11) is 1.37. The Morgan fingerprint density at radius 1 is 1.09 bits per heavy atom. The molecule has 0 saturated carbocycles. The first-order valence-electron chi connectivity index (χ1n) is 7.28. The van der Waals surface area contributed by atoms with Gasteiger partial charge < -0.3 is 9.64 Å². The minimum absolute atomic E-state index is 0.103. The molecular formula is C18H19F2NO2. The highest BCUT2D eigenvalue weighted by molar-refractivity contribution is 6.06. The lowest BCUT2D eigenvalue weighted by atomic mass is 10.1. The van der Waals surface area contributed by atoms with Gasteiger partial charge in [-0.3, -0.25) is 4.79 Å². The molecule has 0 saturated heterocycles. The van der Waals surface area contributed by atoms with E-state index in [0.717, 1.165) is 0 Å². The third kappa shape index (κ3) is 3.50. The molecular weight excluding hydrogens is 300 g/mol. The van der Waals surface area contributed by atoms with Crippen molar-refractivity contribution in [2.75, 3.05) is 12.0 Å². The number of benzene rings is 2. The maximum atomic E-state index is 13.9. The fourth-order valence-corrected chi connectivity index (χ4v) is 2.32. The smallest absolute Gasteiger partial charge is 0.258 e. The van der Waals surface area contributed by atoms with Crippen LogP contribution in [-0.2, 0) is 0 Å². The van der Waals surface area contributed by atoms with Crippen LogP contribution in [0.4, 0.5) is 14.5 Å². The number of ether oxygens (including phenoxy) is 1. The second-order valence-electron chi connectivity index (χ2n) is 5.55. The van der Waals surface area contributed by atoms with Gasteiger partial charge in [0.2, 0.25) is 0 Å². The molecule has 0 aliphatic carbocycles. The first-order valence-corrected chi connectivity index (χ1v) is 7.28. The van der Waals surface area contributed by atoms with Crippen LogP contribution in [0.1, 0.15) is 29.8 Å². The first kappa shape index (κ1) is 16.9. The summed E-state index contributed by atoms with van der Waals surface area (Å²) in [6, 6.07) is 8.40. The summed E-state index contributed by atoms with van der Waals surface area (Å²) in [5.41, 5.74) is 1.08. The molecule has 2 aromatic carbocycles. The van der Waals surface area contributed by atoms with Gasteiger partial charge in [-0.15, -0.1) is 0 Å². The maximum Gasteiger partial charge on any atom is 0.258 e. The van der Waals surface area contributed by atoms with Crippen molar-refractivity contribution in [3.8, 4) is 5.75 Å². The van der Waals surface area contributed by atoms with Crippen molar-refractivity contribution in [2.45, 2.75) is 26.8 Å². The molecule has 1 amide bonds. The standard InChI is InChI=1S/C18H19F2NO2/c1-11(2)21(14-7-8-17(23-4)16(20)10-14)18(22)13-6-5-12(3)15(19)9-13/h5-11H,1-4H3. The molecule has 0 spiro atoms. The van der Waals surface area contributed by atoms with Crippen molar-refractivity contribution >= 4 is 11.6 Å². The molecule has 0 radical (unpaired) electrons. The molecule has 2 rings (SSSR count). The summed E-state index contributed by atoms with van der Waals surface area (Å²) in [5, 5.41) is 0. The number of rotatable bonds is 4. The molecule has 0 aromatic heterocycles. The quantitative estimate of drug-likeness (QED) is 0.839. The molecule has 122 valence electrons. The van der Waals surface area contributed by atoms with Crippen LogP contribution in [0.2, 0.25) is 0 Å². The lowest BCUT2D eigenvalue weighted by Gasteiger charge is -2.27. The Hall–Kier alpha value is -2.43. The highest BCUT2D eigenvalue weighted by Gasteiger charge is 2.22. The largest absolute Gasteiger partial charge is 0.494 e. The van der Waals surface area contributed by atoms with Crippen molar-refractivity contribution in [3.63, 3.8) is 0 Å². The van der Waals surface area contributed by atoms with E-state index in [2.05, 4.69) is 0 Å². The van der Waals surface area contributed by atoms with Crippen LogP contribution in [0.25, 0.3) is 0 Å². The van der Waals surface area contributed by atoms with Crippen molar-refractivity contribution in [2.24, 2.45) is 0 Å². The zero-order valence-electron chi connectivity index (χ0n) is 13.6. The van der Waals surface area contributed by atoms with E-state index in [0.29, 0.717) is 11.3 Å². The van der Waals surface area contributed by atoms with E-state index >= 15 is 0 Å². The number of nitrogens with zero attached hydrogens (tertiary/aromatic N) is 1. The number of hydrogen-bond donors (Lipinski definition) is 0. The second kappa shape index (κ2) is 6.77. The monoisotopic (exact) mass is 319 g/mol. The Bertz CT molecular complexity index is 729. The van der Waals surface area contributed by atoms with Gasteiger partial charge in [0.25, 0.3) is 5.91 Å². The fourth-order valence-electron chi connectivity index (χ4n) is 2.32. The summed E-state index contributed by atoms with van der Waals surface area (Å²) in [4.78, 5) is 14.1. The Labute approximate surface area is 134 Å². The fraction of sp³-hybridized carbons (Fsp3) is 0.278. The van der Waals surface area contributed by atoms with Crippen LogP contribution in [0.15, 0.2) is 36.4 Å². The van der Waals surface area contributed by atoms with Crippen molar-refractivity contribution < 1.29 is 18.3 Å². The normalized spacial score (nSPS) is 10.7. The van der Waals surface area contributed by atoms with Crippen LogP contribution in [-0.4, -0.2) is 19.1 Å². The van der Waals surface area contributed by atoms with E-state index in [1.807, 2.05) is 13.8 Å². The number of halogens is 2. The van der Waals surface area contributed by atoms with Gasteiger partial charge in [-0.1, -0.05) is 6.07 Å². The predicted octanol–water partition coefficient (Wildman–Crippen LogP) is 4.34. The van der Waals surface area contributed by atoms with Gasteiger partial charge in [0.1, 0.15) is 5.82 Å². The maximum absolute atomic E-state index is 13.9. The summed E-state index contributed by atoms with van der Waals surface area (Å²) in [6.07, 6.45) is 0. The van der Waals surface area contributed by atoms with Gasteiger partial charge in [0, 0.05) is 23.4 Å². The number of carbonyl (C=O) groups is 1. The van der Waals surface area contributed by atoms with Crippen LogP contribution in [0.5, 0.6) is 5.75 Å². The molecule has 5 heteroatoms. The average molecular weight is 319 g/mol. The lowest BCUT2D eigenvalue weighted by Crippen LogP contribution is -2.37. The highest BCUT2D eigenvalue weighted by atomic mass is 19.1. The minimum Gasteiger partial charge on any atom is -0.494 e. The third-order valence-electron chi connectivity index (χ3n) is 3.57. The Morgan fingerprint density at radius 2 is 1.78 bits per heavy atom.